The molecule has 1 aromatic heterocycles. The molecule has 0 bridgehead atoms. The van der Waals surface area contributed by atoms with Crippen LogP contribution < -0.4 is 10.1 Å². The molecule has 1 amide bonds. The lowest BCUT2D eigenvalue weighted by atomic mass is 10.1. The van der Waals surface area contributed by atoms with E-state index in [0.717, 1.165) is 22.4 Å². The first-order valence-corrected chi connectivity index (χ1v) is 10.1. The first-order chi connectivity index (χ1) is 15.0. The highest BCUT2D eigenvalue weighted by Crippen LogP contribution is 2.27. The summed E-state index contributed by atoms with van der Waals surface area (Å²) in [5.74, 6) is 0.923. The van der Waals surface area contributed by atoms with E-state index in [1.54, 1.807) is 36.1 Å². The van der Waals surface area contributed by atoms with Crippen LogP contribution in [0.3, 0.4) is 0 Å². The highest BCUT2D eigenvalue weighted by molar-refractivity contribution is 6.31. The Morgan fingerprint density at radius 1 is 1.00 bits per heavy atom. The van der Waals surface area contributed by atoms with Crippen molar-refractivity contribution in [1.82, 2.24) is 14.8 Å². The van der Waals surface area contributed by atoms with Crippen LogP contribution in [-0.4, -0.2) is 27.8 Å². The maximum absolute atomic E-state index is 12.9. The SMILES string of the molecule is COc1ccc(NC(=O)c2nc(-c3ccc(C)cc3)n(-c3cccc(Cl)c3C)n2)cc1. The molecule has 0 radical (unpaired) electrons. The van der Waals surface area contributed by atoms with Gasteiger partial charge < -0.3 is 10.1 Å². The lowest BCUT2D eigenvalue weighted by Crippen LogP contribution is -2.14. The summed E-state index contributed by atoms with van der Waals surface area (Å²) >= 11 is 6.33. The van der Waals surface area contributed by atoms with E-state index < -0.39 is 5.91 Å². The van der Waals surface area contributed by atoms with Gasteiger partial charge in [0.1, 0.15) is 5.75 Å². The molecule has 4 aromatic rings. The molecule has 0 spiro atoms. The van der Waals surface area contributed by atoms with Crippen molar-refractivity contribution in [2.75, 3.05) is 12.4 Å². The minimum atomic E-state index is -0.406. The van der Waals surface area contributed by atoms with Crippen LogP contribution in [0.5, 0.6) is 5.75 Å². The number of aromatic nitrogens is 3. The molecule has 0 aliphatic heterocycles. The van der Waals surface area contributed by atoms with Gasteiger partial charge in [0, 0.05) is 16.3 Å². The van der Waals surface area contributed by atoms with Crippen LogP contribution in [0.1, 0.15) is 21.7 Å². The van der Waals surface area contributed by atoms with Gasteiger partial charge in [0.15, 0.2) is 5.82 Å². The zero-order valence-electron chi connectivity index (χ0n) is 17.4. The standard InChI is InChI=1S/C24H21ClN4O2/c1-15-7-9-17(10-8-15)23-27-22(24(30)26-18-11-13-19(31-3)14-12-18)28-29(23)21-6-4-5-20(25)16(21)2/h4-14H,1-3H3,(H,26,30). The number of halogens is 1. The number of ether oxygens (including phenoxy) is 1. The highest BCUT2D eigenvalue weighted by atomic mass is 35.5. The molecule has 0 saturated carbocycles. The maximum atomic E-state index is 12.9. The minimum Gasteiger partial charge on any atom is -0.497 e. The third-order valence-electron chi connectivity index (χ3n) is 4.94. The number of hydrogen-bond acceptors (Lipinski definition) is 4. The fraction of sp³-hybridized carbons (Fsp3) is 0.125. The zero-order valence-corrected chi connectivity index (χ0v) is 18.1. The Bertz CT molecular complexity index is 1230. The number of aryl methyl sites for hydroxylation is 1. The van der Waals surface area contributed by atoms with E-state index in [1.165, 1.54) is 0 Å². The number of carbonyl (C=O) groups excluding carboxylic acids is 1. The minimum absolute atomic E-state index is 0.0609. The molecule has 0 fully saturated rings. The van der Waals surface area contributed by atoms with E-state index in [1.807, 2.05) is 56.3 Å². The highest BCUT2D eigenvalue weighted by Gasteiger charge is 2.20. The summed E-state index contributed by atoms with van der Waals surface area (Å²) in [5, 5.41) is 7.97. The Hall–Kier alpha value is -3.64. The lowest BCUT2D eigenvalue weighted by Gasteiger charge is -2.10. The Kier molecular flexibility index (Phi) is 5.73. The number of benzene rings is 3. The molecule has 3 aromatic carbocycles. The summed E-state index contributed by atoms with van der Waals surface area (Å²) in [6, 6.07) is 20.5. The van der Waals surface area contributed by atoms with Gasteiger partial charge in [-0.05, 0) is 55.8 Å². The molecule has 0 aliphatic carbocycles. The van der Waals surface area contributed by atoms with Crippen molar-refractivity contribution in [3.63, 3.8) is 0 Å². The number of rotatable bonds is 5. The van der Waals surface area contributed by atoms with Crippen molar-refractivity contribution in [2.45, 2.75) is 13.8 Å². The van der Waals surface area contributed by atoms with Gasteiger partial charge in [0.2, 0.25) is 5.82 Å². The number of amides is 1. The first kappa shape index (κ1) is 20.6. The van der Waals surface area contributed by atoms with Gasteiger partial charge in [-0.25, -0.2) is 9.67 Å². The average molecular weight is 433 g/mol. The van der Waals surface area contributed by atoms with Crippen LogP contribution in [0.15, 0.2) is 66.7 Å². The molecule has 0 saturated heterocycles. The molecular formula is C24H21ClN4O2. The van der Waals surface area contributed by atoms with Crippen LogP contribution in [0.2, 0.25) is 5.02 Å². The molecule has 0 aliphatic rings. The van der Waals surface area contributed by atoms with Gasteiger partial charge in [0.05, 0.1) is 12.8 Å². The van der Waals surface area contributed by atoms with Crippen LogP contribution in [0.4, 0.5) is 5.69 Å². The van der Waals surface area contributed by atoms with E-state index in [2.05, 4.69) is 15.4 Å². The van der Waals surface area contributed by atoms with E-state index in [-0.39, 0.29) is 5.82 Å². The molecular weight excluding hydrogens is 412 g/mol. The monoisotopic (exact) mass is 432 g/mol. The normalized spacial score (nSPS) is 10.7. The zero-order chi connectivity index (χ0) is 22.0. The molecule has 1 N–H and O–H groups in total. The summed E-state index contributed by atoms with van der Waals surface area (Å²) in [6.07, 6.45) is 0. The largest absolute Gasteiger partial charge is 0.497 e. The number of nitrogens with one attached hydrogen (secondary N) is 1. The first-order valence-electron chi connectivity index (χ1n) is 9.71. The average Bonchev–Trinajstić information content (AvgIpc) is 3.22. The molecule has 6 nitrogen and oxygen atoms in total. The summed E-state index contributed by atoms with van der Waals surface area (Å²) in [7, 11) is 1.59. The van der Waals surface area contributed by atoms with Gasteiger partial charge in [-0.3, -0.25) is 4.79 Å². The predicted octanol–water partition coefficient (Wildman–Crippen LogP) is 5.47. The number of anilines is 1. The number of carbonyl (C=O) groups is 1. The molecule has 0 atom stereocenters. The van der Waals surface area contributed by atoms with Gasteiger partial charge in [-0.2, -0.15) is 0 Å². The lowest BCUT2D eigenvalue weighted by molar-refractivity contribution is 0.101. The fourth-order valence-corrected chi connectivity index (χ4v) is 3.32. The van der Waals surface area contributed by atoms with E-state index in [9.17, 15) is 4.79 Å². The van der Waals surface area contributed by atoms with E-state index >= 15 is 0 Å². The molecule has 156 valence electrons. The van der Waals surface area contributed by atoms with Gasteiger partial charge in [-0.1, -0.05) is 47.5 Å². The maximum Gasteiger partial charge on any atom is 0.295 e. The van der Waals surface area contributed by atoms with Crippen molar-refractivity contribution < 1.29 is 9.53 Å². The van der Waals surface area contributed by atoms with Crippen molar-refractivity contribution in [3.05, 3.63) is 88.7 Å². The summed E-state index contributed by atoms with van der Waals surface area (Å²) in [5.41, 5.74) is 4.22. The Balaban J connectivity index is 1.76. The molecule has 31 heavy (non-hydrogen) atoms. The number of hydrogen-bond donors (Lipinski definition) is 1. The van der Waals surface area contributed by atoms with Crippen molar-refractivity contribution in [3.8, 4) is 22.8 Å². The summed E-state index contributed by atoms with van der Waals surface area (Å²) in [6.45, 7) is 3.93. The van der Waals surface area contributed by atoms with Crippen molar-refractivity contribution in [2.24, 2.45) is 0 Å². The van der Waals surface area contributed by atoms with Crippen LogP contribution in [-0.2, 0) is 0 Å². The predicted molar refractivity (Wildman–Crippen MR) is 122 cm³/mol. The topological polar surface area (TPSA) is 69.0 Å². The number of methoxy groups -OCH3 is 1. The summed E-state index contributed by atoms with van der Waals surface area (Å²) in [4.78, 5) is 17.5. The van der Waals surface area contributed by atoms with Crippen molar-refractivity contribution >= 4 is 23.2 Å². The van der Waals surface area contributed by atoms with Gasteiger partial charge in [-0.15, -0.1) is 5.10 Å². The van der Waals surface area contributed by atoms with E-state index in [0.29, 0.717) is 22.3 Å². The van der Waals surface area contributed by atoms with Crippen LogP contribution >= 0.6 is 11.6 Å². The van der Waals surface area contributed by atoms with Crippen LogP contribution in [0.25, 0.3) is 17.1 Å². The molecule has 7 heteroatoms. The quantitative estimate of drug-likeness (QED) is 0.454. The third kappa shape index (κ3) is 4.29. The van der Waals surface area contributed by atoms with Gasteiger partial charge in [0.25, 0.3) is 5.91 Å². The number of nitrogens with zero attached hydrogens (tertiary/aromatic N) is 3. The Labute approximate surface area is 185 Å². The Morgan fingerprint density at radius 2 is 1.71 bits per heavy atom. The Morgan fingerprint density at radius 3 is 2.39 bits per heavy atom. The fourth-order valence-electron chi connectivity index (χ4n) is 3.15. The van der Waals surface area contributed by atoms with Crippen LogP contribution in [0, 0.1) is 13.8 Å². The molecule has 0 unspecified atom stereocenters. The second-order valence-corrected chi connectivity index (χ2v) is 7.51. The van der Waals surface area contributed by atoms with E-state index in [4.69, 9.17) is 16.3 Å². The smallest absolute Gasteiger partial charge is 0.295 e. The van der Waals surface area contributed by atoms with Gasteiger partial charge >= 0.3 is 0 Å². The second-order valence-electron chi connectivity index (χ2n) is 7.10. The van der Waals surface area contributed by atoms with Crippen molar-refractivity contribution in [1.29, 1.82) is 0 Å². The third-order valence-corrected chi connectivity index (χ3v) is 5.34. The second kappa shape index (κ2) is 8.62. The molecule has 4 rings (SSSR count). The molecule has 1 heterocycles. The summed E-state index contributed by atoms with van der Waals surface area (Å²) < 4.78 is 6.82.